The van der Waals surface area contributed by atoms with Crippen LogP contribution in [-0.2, 0) is 4.79 Å². The molecule has 1 unspecified atom stereocenters. The van der Waals surface area contributed by atoms with Crippen molar-refractivity contribution in [2.75, 3.05) is 13.6 Å². The molecule has 0 heterocycles. The van der Waals surface area contributed by atoms with Gasteiger partial charge in [-0.15, -0.1) is 0 Å². The van der Waals surface area contributed by atoms with Crippen LogP contribution in [0.3, 0.4) is 0 Å². The summed E-state index contributed by atoms with van der Waals surface area (Å²) in [5, 5.41) is 0. The Morgan fingerprint density at radius 3 is 2.57 bits per heavy atom. The van der Waals surface area contributed by atoms with E-state index in [9.17, 15) is 4.79 Å². The lowest BCUT2D eigenvalue weighted by Gasteiger charge is -2.20. The maximum absolute atomic E-state index is 11.7. The van der Waals surface area contributed by atoms with Gasteiger partial charge < -0.3 is 10.6 Å². The molecule has 0 aromatic heterocycles. The van der Waals surface area contributed by atoms with E-state index in [1.165, 1.54) is 25.7 Å². The monoisotopic (exact) mass is 198 g/mol. The van der Waals surface area contributed by atoms with Crippen LogP contribution in [0, 0.1) is 5.92 Å². The molecule has 0 aromatic rings. The molecule has 1 amide bonds. The molecule has 0 aromatic carbocycles. The van der Waals surface area contributed by atoms with E-state index in [-0.39, 0.29) is 11.9 Å². The number of nitrogens with zero attached hydrogens (tertiary/aromatic N) is 1. The van der Waals surface area contributed by atoms with Crippen molar-refractivity contribution in [1.82, 2.24) is 4.90 Å². The number of hydrogen-bond acceptors (Lipinski definition) is 2. The van der Waals surface area contributed by atoms with Gasteiger partial charge in [0, 0.05) is 26.1 Å². The third-order valence-electron chi connectivity index (χ3n) is 2.93. The molecule has 3 heteroatoms. The van der Waals surface area contributed by atoms with E-state index in [1.54, 1.807) is 4.90 Å². The summed E-state index contributed by atoms with van der Waals surface area (Å²) in [6.07, 6.45) is 5.79. The number of carbonyl (C=O) groups excluding carboxylic acids is 1. The molecule has 0 aliphatic heterocycles. The van der Waals surface area contributed by atoms with Gasteiger partial charge in [0.2, 0.25) is 5.91 Å². The first-order valence-electron chi connectivity index (χ1n) is 5.59. The highest BCUT2D eigenvalue weighted by Gasteiger charge is 2.20. The van der Waals surface area contributed by atoms with Crippen molar-refractivity contribution in [3.63, 3.8) is 0 Å². The zero-order valence-electron chi connectivity index (χ0n) is 9.33. The Morgan fingerprint density at radius 2 is 2.07 bits per heavy atom. The lowest BCUT2D eigenvalue weighted by atomic mass is 10.0. The fraction of sp³-hybridized carbons (Fsp3) is 0.909. The van der Waals surface area contributed by atoms with Crippen molar-refractivity contribution >= 4 is 5.91 Å². The van der Waals surface area contributed by atoms with Crippen LogP contribution in [0.4, 0.5) is 0 Å². The first kappa shape index (κ1) is 11.5. The maximum Gasteiger partial charge on any atom is 0.222 e. The summed E-state index contributed by atoms with van der Waals surface area (Å²) in [5.41, 5.74) is 5.65. The lowest BCUT2D eigenvalue weighted by molar-refractivity contribution is -0.131. The predicted molar refractivity (Wildman–Crippen MR) is 57.9 cm³/mol. The van der Waals surface area contributed by atoms with Crippen LogP contribution in [0.15, 0.2) is 0 Å². The van der Waals surface area contributed by atoms with Gasteiger partial charge in [0.25, 0.3) is 0 Å². The van der Waals surface area contributed by atoms with Gasteiger partial charge in [0.05, 0.1) is 0 Å². The second-order valence-electron chi connectivity index (χ2n) is 4.61. The first-order chi connectivity index (χ1) is 6.59. The van der Waals surface area contributed by atoms with Crippen molar-refractivity contribution in [3.8, 4) is 0 Å². The molecule has 14 heavy (non-hydrogen) atoms. The molecular weight excluding hydrogens is 176 g/mol. The Labute approximate surface area is 86.6 Å². The molecule has 1 atom stereocenters. The molecule has 0 radical (unpaired) electrons. The third kappa shape index (κ3) is 3.66. The number of likely N-dealkylation sites (N-methyl/N-ethyl adjacent to an activating group) is 1. The molecule has 1 aliphatic rings. The van der Waals surface area contributed by atoms with Crippen molar-refractivity contribution < 1.29 is 4.79 Å². The molecule has 0 spiro atoms. The summed E-state index contributed by atoms with van der Waals surface area (Å²) in [7, 11) is 1.85. The number of rotatable bonds is 4. The zero-order chi connectivity index (χ0) is 10.6. The molecular formula is C11H22N2O. The van der Waals surface area contributed by atoms with E-state index in [4.69, 9.17) is 5.73 Å². The van der Waals surface area contributed by atoms with Gasteiger partial charge in [-0.05, 0) is 25.7 Å². The fourth-order valence-corrected chi connectivity index (χ4v) is 2.15. The Bertz CT molecular complexity index is 186. The molecule has 2 N–H and O–H groups in total. The minimum atomic E-state index is 0.0764. The maximum atomic E-state index is 11.7. The Kier molecular flexibility index (Phi) is 4.39. The van der Waals surface area contributed by atoms with Crippen molar-refractivity contribution in [2.45, 2.75) is 45.1 Å². The normalized spacial score (nSPS) is 19.6. The van der Waals surface area contributed by atoms with Crippen LogP contribution in [-0.4, -0.2) is 30.4 Å². The van der Waals surface area contributed by atoms with Gasteiger partial charge in [-0.1, -0.05) is 12.8 Å². The summed E-state index contributed by atoms with van der Waals surface area (Å²) in [4.78, 5) is 13.5. The third-order valence-corrected chi connectivity index (χ3v) is 2.93. The van der Waals surface area contributed by atoms with E-state index in [0.29, 0.717) is 12.5 Å². The predicted octanol–water partition coefficient (Wildman–Crippen LogP) is 1.37. The van der Waals surface area contributed by atoms with Crippen molar-refractivity contribution in [2.24, 2.45) is 11.7 Å². The molecule has 82 valence electrons. The number of carbonyl (C=O) groups is 1. The van der Waals surface area contributed by atoms with Crippen LogP contribution in [0.25, 0.3) is 0 Å². The average molecular weight is 198 g/mol. The SMILES string of the molecule is CC(N)CN(C)C(=O)CC1CCCC1. The van der Waals surface area contributed by atoms with Crippen LogP contribution < -0.4 is 5.73 Å². The second kappa shape index (κ2) is 5.35. The van der Waals surface area contributed by atoms with Crippen molar-refractivity contribution in [1.29, 1.82) is 0 Å². The van der Waals surface area contributed by atoms with E-state index < -0.39 is 0 Å². The lowest BCUT2D eigenvalue weighted by Crippen LogP contribution is -2.37. The van der Waals surface area contributed by atoms with Gasteiger partial charge >= 0.3 is 0 Å². The smallest absolute Gasteiger partial charge is 0.222 e. The average Bonchev–Trinajstić information content (AvgIpc) is 2.55. The topological polar surface area (TPSA) is 46.3 Å². The molecule has 3 nitrogen and oxygen atoms in total. The minimum absolute atomic E-state index is 0.0764. The van der Waals surface area contributed by atoms with Crippen LogP contribution in [0.5, 0.6) is 0 Å². The van der Waals surface area contributed by atoms with Crippen LogP contribution in [0.2, 0.25) is 0 Å². The van der Waals surface area contributed by atoms with E-state index in [0.717, 1.165) is 6.42 Å². The molecule has 1 rings (SSSR count). The minimum Gasteiger partial charge on any atom is -0.344 e. The summed E-state index contributed by atoms with van der Waals surface area (Å²) < 4.78 is 0. The Hall–Kier alpha value is -0.570. The quantitative estimate of drug-likeness (QED) is 0.741. The van der Waals surface area contributed by atoms with Gasteiger partial charge in [-0.2, -0.15) is 0 Å². The molecule has 0 bridgehead atoms. The van der Waals surface area contributed by atoms with Crippen LogP contribution in [0.1, 0.15) is 39.0 Å². The van der Waals surface area contributed by atoms with E-state index >= 15 is 0 Å². The largest absolute Gasteiger partial charge is 0.344 e. The standard InChI is InChI=1S/C11H22N2O/c1-9(12)8-13(2)11(14)7-10-5-3-4-6-10/h9-10H,3-8,12H2,1-2H3. The second-order valence-corrected chi connectivity index (χ2v) is 4.61. The summed E-state index contributed by atoms with van der Waals surface area (Å²) in [5.74, 6) is 0.896. The fourth-order valence-electron chi connectivity index (χ4n) is 2.15. The molecule has 1 fully saturated rings. The van der Waals surface area contributed by atoms with Gasteiger partial charge in [-0.3, -0.25) is 4.79 Å². The highest BCUT2D eigenvalue weighted by atomic mass is 16.2. The Morgan fingerprint density at radius 1 is 1.50 bits per heavy atom. The molecule has 1 aliphatic carbocycles. The van der Waals surface area contributed by atoms with E-state index in [1.807, 2.05) is 14.0 Å². The number of nitrogens with two attached hydrogens (primary N) is 1. The van der Waals surface area contributed by atoms with Gasteiger partial charge in [0.15, 0.2) is 0 Å². The van der Waals surface area contributed by atoms with Gasteiger partial charge in [-0.25, -0.2) is 0 Å². The van der Waals surface area contributed by atoms with E-state index in [2.05, 4.69) is 0 Å². The highest BCUT2D eigenvalue weighted by molar-refractivity contribution is 5.76. The Balaban J connectivity index is 2.25. The summed E-state index contributed by atoms with van der Waals surface area (Å²) in [6, 6.07) is 0.0764. The van der Waals surface area contributed by atoms with Crippen molar-refractivity contribution in [3.05, 3.63) is 0 Å². The molecule has 1 saturated carbocycles. The summed E-state index contributed by atoms with van der Waals surface area (Å²) in [6.45, 7) is 2.60. The number of hydrogen-bond donors (Lipinski definition) is 1. The number of amides is 1. The van der Waals surface area contributed by atoms with Gasteiger partial charge in [0.1, 0.15) is 0 Å². The van der Waals surface area contributed by atoms with Crippen LogP contribution >= 0.6 is 0 Å². The first-order valence-corrected chi connectivity index (χ1v) is 5.59. The summed E-state index contributed by atoms with van der Waals surface area (Å²) >= 11 is 0. The highest BCUT2D eigenvalue weighted by Crippen LogP contribution is 2.27. The molecule has 0 saturated heterocycles. The zero-order valence-corrected chi connectivity index (χ0v) is 9.33.